The molecular weight excluding hydrogens is 246 g/mol. The number of hydrogen-bond acceptors (Lipinski definition) is 3. The van der Waals surface area contributed by atoms with Crippen LogP contribution in [0.1, 0.15) is 38.7 Å². The fraction of sp³-hybridized carbons (Fsp3) is 0.647. The third-order valence-electron chi connectivity index (χ3n) is 4.45. The molecule has 1 heterocycles. The maximum atomic E-state index is 5.68. The van der Waals surface area contributed by atoms with Crippen LogP contribution in [-0.2, 0) is 0 Å². The topological polar surface area (TPSA) is 32.5 Å². The third-order valence-corrected chi connectivity index (χ3v) is 4.45. The number of anilines is 1. The van der Waals surface area contributed by atoms with Crippen LogP contribution >= 0.6 is 0 Å². The zero-order valence-electron chi connectivity index (χ0n) is 13.2. The van der Waals surface area contributed by atoms with Crippen molar-refractivity contribution in [2.75, 3.05) is 37.6 Å². The number of piperazine rings is 1. The number of rotatable bonds is 5. The maximum Gasteiger partial charge on any atom is 0.0369 e. The third kappa shape index (κ3) is 3.74. The lowest BCUT2D eigenvalue weighted by molar-refractivity contribution is 0.209. The zero-order valence-corrected chi connectivity index (χ0v) is 13.2. The standard InChI is InChI=1S/C17H29N3/c1-14(2)19-9-11-20(12-10-19)17-6-4-5-16(13-17)15(3)7-8-18/h4-6,13-15H,7-12,18H2,1-3H3. The smallest absolute Gasteiger partial charge is 0.0369 e. The summed E-state index contributed by atoms with van der Waals surface area (Å²) in [6, 6.07) is 9.67. The Labute approximate surface area is 123 Å². The normalized spacial score (nSPS) is 18.6. The van der Waals surface area contributed by atoms with E-state index in [0.29, 0.717) is 12.0 Å². The molecule has 0 amide bonds. The Kier molecular flexibility index (Phi) is 5.44. The quantitative estimate of drug-likeness (QED) is 0.896. The van der Waals surface area contributed by atoms with Gasteiger partial charge in [-0.1, -0.05) is 19.1 Å². The summed E-state index contributed by atoms with van der Waals surface area (Å²) in [6.07, 6.45) is 1.06. The van der Waals surface area contributed by atoms with Gasteiger partial charge in [0.1, 0.15) is 0 Å². The summed E-state index contributed by atoms with van der Waals surface area (Å²) in [5.74, 6) is 0.553. The molecule has 0 spiro atoms. The Morgan fingerprint density at radius 1 is 1.10 bits per heavy atom. The van der Waals surface area contributed by atoms with Gasteiger partial charge in [-0.2, -0.15) is 0 Å². The molecule has 0 bridgehead atoms. The van der Waals surface area contributed by atoms with E-state index in [2.05, 4.69) is 54.8 Å². The molecule has 1 atom stereocenters. The summed E-state index contributed by atoms with van der Waals surface area (Å²) in [6.45, 7) is 12.2. The first kappa shape index (κ1) is 15.3. The van der Waals surface area contributed by atoms with Crippen LogP contribution in [0.3, 0.4) is 0 Å². The highest BCUT2D eigenvalue weighted by atomic mass is 15.3. The van der Waals surface area contributed by atoms with Crippen LogP contribution in [-0.4, -0.2) is 43.7 Å². The minimum Gasteiger partial charge on any atom is -0.369 e. The van der Waals surface area contributed by atoms with Crippen molar-refractivity contribution in [3.63, 3.8) is 0 Å². The molecule has 1 unspecified atom stereocenters. The molecule has 1 fully saturated rings. The van der Waals surface area contributed by atoms with Crippen molar-refractivity contribution >= 4 is 5.69 Å². The second-order valence-electron chi connectivity index (χ2n) is 6.19. The lowest BCUT2D eigenvalue weighted by atomic mass is 9.97. The molecule has 1 aromatic rings. The molecule has 112 valence electrons. The minimum atomic E-state index is 0.553. The first-order valence-corrected chi connectivity index (χ1v) is 7.91. The Bertz CT molecular complexity index is 408. The Balaban J connectivity index is 2.01. The SMILES string of the molecule is CC(CCN)c1cccc(N2CCN(C(C)C)CC2)c1. The lowest BCUT2D eigenvalue weighted by Crippen LogP contribution is -2.48. The summed E-state index contributed by atoms with van der Waals surface area (Å²) in [7, 11) is 0. The average molecular weight is 275 g/mol. The van der Waals surface area contributed by atoms with E-state index in [0.717, 1.165) is 26.1 Å². The Hall–Kier alpha value is -1.06. The van der Waals surface area contributed by atoms with Crippen molar-refractivity contribution in [1.82, 2.24) is 4.90 Å². The number of nitrogens with zero attached hydrogens (tertiary/aromatic N) is 2. The first-order valence-electron chi connectivity index (χ1n) is 7.91. The summed E-state index contributed by atoms with van der Waals surface area (Å²) >= 11 is 0. The van der Waals surface area contributed by atoms with Crippen LogP contribution in [0.4, 0.5) is 5.69 Å². The number of benzene rings is 1. The van der Waals surface area contributed by atoms with Crippen molar-refractivity contribution in [1.29, 1.82) is 0 Å². The molecular formula is C17H29N3. The van der Waals surface area contributed by atoms with Crippen molar-refractivity contribution < 1.29 is 0 Å². The van der Waals surface area contributed by atoms with Gasteiger partial charge in [-0.05, 0) is 50.4 Å². The van der Waals surface area contributed by atoms with E-state index in [-0.39, 0.29) is 0 Å². The molecule has 3 nitrogen and oxygen atoms in total. The molecule has 1 aromatic carbocycles. The fourth-order valence-corrected chi connectivity index (χ4v) is 2.94. The highest BCUT2D eigenvalue weighted by Gasteiger charge is 2.19. The summed E-state index contributed by atoms with van der Waals surface area (Å²) in [5, 5.41) is 0. The maximum absolute atomic E-state index is 5.68. The zero-order chi connectivity index (χ0) is 14.5. The van der Waals surface area contributed by atoms with E-state index in [1.165, 1.54) is 24.3 Å². The van der Waals surface area contributed by atoms with Crippen LogP contribution in [0.2, 0.25) is 0 Å². The monoisotopic (exact) mass is 275 g/mol. The molecule has 20 heavy (non-hydrogen) atoms. The van der Waals surface area contributed by atoms with Crippen LogP contribution in [0, 0.1) is 0 Å². The average Bonchev–Trinajstić information content (AvgIpc) is 2.48. The molecule has 0 radical (unpaired) electrons. The second-order valence-corrected chi connectivity index (χ2v) is 6.19. The summed E-state index contributed by atoms with van der Waals surface area (Å²) in [4.78, 5) is 5.06. The number of hydrogen-bond donors (Lipinski definition) is 1. The molecule has 1 aliphatic rings. The van der Waals surface area contributed by atoms with Gasteiger partial charge in [0.2, 0.25) is 0 Å². The molecule has 2 rings (SSSR count). The lowest BCUT2D eigenvalue weighted by Gasteiger charge is -2.38. The molecule has 1 saturated heterocycles. The van der Waals surface area contributed by atoms with Crippen molar-refractivity contribution in [3.05, 3.63) is 29.8 Å². The van der Waals surface area contributed by atoms with E-state index < -0.39 is 0 Å². The largest absolute Gasteiger partial charge is 0.369 e. The van der Waals surface area contributed by atoms with Gasteiger partial charge in [0.25, 0.3) is 0 Å². The fourth-order valence-electron chi connectivity index (χ4n) is 2.94. The van der Waals surface area contributed by atoms with Crippen molar-refractivity contribution in [3.8, 4) is 0 Å². The van der Waals surface area contributed by atoms with E-state index in [1.807, 2.05) is 0 Å². The molecule has 0 aliphatic carbocycles. The molecule has 0 aromatic heterocycles. The van der Waals surface area contributed by atoms with Crippen molar-refractivity contribution in [2.45, 2.75) is 39.2 Å². The predicted molar refractivity (Wildman–Crippen MR) is 87.5 cm³/mol. The van der Waals surface area contributed by atoms with E-state index in [4.69, 9.17) is 5.73 Å². The minimum absolute atomic E-state index is 0.553. The van der Waals surface area contributed by atoms with Crippen LogP contribution < -0.4 is 10.6 Å². The first-order chi connectivity index (χ1) is 9.61. The Morgan fingerprint density at radius 3 is 2.40 bits per heavy atom. The van der Waals surface area contributed by atoms with Gasteiger partial charge < -0.3 is 10.6 Å². The van der Waals surface area contributed by atoms with Crippen LogP contribution in [0.15, 0.2) is 24.3 Å². The number of nitrogens with two attached hydrogens (primary N) is 1. The van der Waals surface area contributed by atoms with Gasteiger partial charge in [-0.15, -0.1) is 0 Å². The highest BCUT2D eigenvalue weighted by Crippen LogP contribution is 2.24. The van der Waals surface area contributed by atoms with Gasteiger partial charge in [0.15, 0.2) is 0 Å². The summed E-state index contributed by atoms with van der Waals surface area (Å²) < 4.78 is 0. The Morgan fingerprint density at radius 2 is 1.80 bits per heavy atom. The predicted octanol–water partition coefficient (Wildman–Crippen LogP) is 2.67. The molecule has 3 heteroatoms. The highest BCUT2D eigenvalue weighted by molar-refractivity contribution is 5.49. The van der Waals surface area contributed by atoms with E-state index in [1.54, 1.807) is 0 Å². The molecule has 1 aliphatic heterocycles. The molecule has 2 N–H and O–H groups in total. The van der Waals surface area contributed by atoms with E-state index in [9.17, 15) is 0 Å². The van der Waals surface area contributed by atoms with Gasteiger partial charge in [-0.3, -0.25) is 4.90 Å². The van der Waals surface area contributed by atoms with Gasteiger partial charge in [0.05, 0.1) is 0 Å². The molecule has 0 saturated carbocycles. The second kappa shape index (κ2) is 7.09. The van der Waals surface area contributed by atoms with Crippen LogP contribution in [0.25, 0.3) is 0 Å². The summed E-state index contributed by atoms with van der Waals surface area (Å²) in [5.41, 5.74) is 8.46. The van der Waals surface area contributed by atoms with Gasteiger partial charge >= 0.3 is 0 Å². The van der Waals surface area contributed by atoms with Gasteiger partial charge in [-0.25, -0.2) is 0 Å². The van der Waals surface area contributed by atoms with E-state index >= 15 is 0 Å². The van der Waals surface area contributed by atoms with Gasteiger partial charge in [0, 0.05) is 37.9 Å². The van der Waals surface area contributed by atoms with Crippen LogP contribution in [0.5, 0.6) is 0 Å². The van der Waals surface area contributed by atoms with Crippen molar-refractivity contribution in [2.24, 2.45) is 5.73 Å².